The third kappa shape index (κ3) is 1.77. The predicted molar refractivity (Wildman–Crippen MR) is 38.8 cm³/mol. The summed E-state index contributed by atoms with van der Waals surface area (Å²) in [5.41, 5.74) is 0. The van der Waals surface area contributed by atoms with Gasteiger partial charge < -0.3 is 0 Å². The molecule has 0 aromatic carbocycles. The highest BCUT2D eigenvalue weighted by molar-refractivity contribution is 7.10. The quantitative estimate of drug-likeness (QED) is 0.618. The van der Waals surface area contributed by atoms with E-state index in [9.17, 15) is 0 Å². The van der Waals surface area contributed by atoms with Gasteiger partial charge in [0.2, 0.25) is 4.47 Å². The summed E-state index contributed by atoms with van der Waals surface area (Å²) in [5, 5.41) is 0. The summed E-state index contributed by atoms with van der Waals surface area (Å²) in [4.78, 5) is 3.90. The molecule has 1 rings (SSSR count). The van der Waals surface area contributed by atoms with Crippen LogP contribution in [0.25, 0.3) is 0 Å². The average molecular weight is 161 g/mol. The van der Waals surface area contributed by atoms with E-state index in [2.05, 4.69) is 15.9 Å². The standard InChI is InChI=1S/C5H5ClN2S/c1-2-3-4-7-5(6)9-8-4/h2H,1,3H2. The van der Waals surface area contributed by atoms with Gasteiger partial charge in [-0.2, -0.15) is 4.37 Å². The van der Waals surface area contributed by atoms with Crippen LogP contribution in [0, 0.1) is 0 Å². The second-order valence-corrected chi connectivity index (χ2v) is 2.79. The maximum atomic E-state index is 5.51. The summed E-state index contributed by atoms with van der Waals surface area (Å²) < 4.78 is 4.43. The molecule has 4 heteroatoms. The van der Waals surface area contributed by atoms with Gasteiger partial charge in [0.1, 0.15) is 5.82 Å². The molecule has 0 atom stereocenters. The molecule has 0 saturated carbocycles. The predicted octanol–water partition coefficient (Wildman–Crippen LogP) is 1.92. The van der Waals surface area contributed by atoms with Crippen LogP contribution in [0.15, 0.2) is 12.7 Å². The van der Waals surface area contributed by atoms with Gasteiger partial charge in [-0.05, 0) is 23.1 Å². The largest absolute Gasteiger partial charge is 0.208 e. The van der Waals surface area contributed by atoms with Crippen molar-refractivity contribution < 1.29 is 0 Å². The van der Waals surface area contributed by atoms with Crippen LogP contribution in [-0.4, -0.2) is 9.36 Å². The first-order chi connectivity index (χ1) is 4.33. The van der Waals surface area contributed by atoms with Crippen LogP contribution < -0.4 is 0 Å². The van der Waals surface area contributed by atoms with Crippen LogP contribution in [0.5, 0.6) is 0 Å². The molecule has 2 nitrogen and oxygen atoms in total. The molecule has 0 aliphatic carbocycles. The molecule has 1 aromatic heterocycles. The minimum Gasteiger partial charge on any atom is -0.208 e. The number of halogens is 1. The summed E-state index contributed by atoms with van der Waals surface area (Å²) in [7, 11) is 0. The number of aromatic nitrogens is 2. The maximum absolute atomic E-state index is 5.51. The maximum Gasteiger partial charge on any atom is 0.203 e. The van der Waals surface area contributed by atoms with E-state index in [1.807, 2.05) is 0 Å². The first-order valence-electron chi connectivity index (χ1n) is 2.42. The normalized spacial score (nSPS) is 9.44. The van der Waals surface area contributed by atoms with Crippen LogP contribution in [-0.2, 0) is 6.42 Å². The second-order valence-electron chi connectivity index (χ2n) is 1.46. The Morgan fingerprint density at radius 2 is 2.56 bits per heavy atom. The van der Waals surface area contributed by atoms with Gasteiger partial charge >= 0.3 is 0 Å². The molecular weight excluding hydrogens is 156 g/mol. The Balaban J connectivity index is 2.72. The third-order valence-electron chi connectivity index (χ3n) is 0.770. The van der Waals surface area contributed by atoms with E-state index < -0.39 is 0 Å². The zero-order chi connectivity index (χ0) is 6.69. The lowest BCUT2D eigenvalue weighted by atomic mass is 10.4. The Kier molecular flexibility index (Phi) is 2.19. The molecular formula is C5H5ClN2S. The fourth-order valence-electron chi connectivity index (χ4n) is 0.445. The van der Waals surface area contributed by atoms with E-state index in [-0.39, 0.29) is 0 Å². The van der Waals surface area contributed by atoms with E-state index in [0.717, 1.165) is 5.82 Å². The molecule has 0 unspecified atom stereocenters. The van der Waals surface area contributed by atoms with Gasteiger partial charge in [-0.3, -0.25) is 0 Å². The third-order valence-corrected chi connectivity index (χ3v) is 1.61. The lowest BCUT2D eigenvalue weighted by Gasteiger charge is -1.78. The second kappa shape index (κ2) is 2.94. The van der Waals surface area contributed by atoms with E-state index >= 15 is 0 Å². The number of nitrogens with zero attached hydrogens (tertiary/aromatic N) is 2. The van der Waals surface area contributed by atoms with Gasteiger partial charge in [-0.25, -0.2) is 4.98 Å². The Morgan fingerprint density at radius 3 is 3.00 bits per heavy atom. The highest BCUT2D eigenvalue weighted by atomic mass is 35.5. The topological polar surface area (TPSA) is 25.8 Å². The van der Waals surface area contributed by atoms with Crippen molar-refractivity contribution >= 4 is 23.1 Å². The first-order valence-corrected chi connectivity index (χ1v) is 3.57. The van der Waals surface area contributed by atoms with E-state index in [0.29, 0.717) is 10.9 Å². The molecule has 0 aliphatic rings. The minimum atomic E-state index is 0.492. The van der Waals surface area contributed by atoms with E-state index in [1.54, 1.807) is 6.08 Å². The van der Waals surface area contributed by atoms with Crippen LogP contribution in [0.2, 0.25) is 4.47 Å². The number of allylic oxidation sites excluding steroid dienone is 1. The summed E-state index contributed by atoms with van der Waals surface area (Å²) in [5.74, 6) is 0.750. The van der Waals surface area contributed by atoms with Crippen molar-refractivity contribution in [2.75, 3.05) is 0 Å². The molecule has 0 spiro atoms. The Morgan fingerprint density at radius 1 is 1.78 bits per heavy atom. The summed E-state index contributed by atoms with van der Waals surface area (Å²) in [6.07, 6.45) is 2.45. The van der Waals surface area contributed by atoms with E-state index in [1.165, 1.54) is 11.5 Å². The lowest BCUT2D eigenvalue weighted by Crippen LogP contribution is -1.80. The van der Waals surface area contributed by atoms with Crippen molar-refractivity contribution in [1.82, 2.24) is 9.36 Å². The van der Waals surface area contributed by atoms with Crippen molar-refractivity contribution in [1.29, 1.82) is 0 Å². The fraction of sp³-hybridized carbons (Fsp3) is 0.200. The average Bonchev–Trinajstić information content (AvgIpc) is 2.17. The van der Waals surface area contributed by atoms with Crippen LogP contribution in [0.3, 0.4) is 0 Å². The molecule has 0 N–H and O–H groups in total. The first kappa shape index (κ1) is 6.71. The summed E-state index contributed by atoms with van der Waals surface area (Å²) in [6.45, 7) is 3.55. The Bertz CT molecular complexity index is 208. The monoisotopic (exact) mass is 160 g/mol. The molecule has 0 saturated heterocycles. The molecule has 0 amide bonds. The van der Waals surface area contributed by atoms with Gasteiger partial charge in [0, 0.05) is 6.42 Å². The van der Waals surface area contributed by atoms with Gasteiger partial charge in [0.25, 0.3) is 0 Å². The van der Waals surface area contributed by atoms with Crippen LogP contribution >= 0.6 is 23.1 Å². The van der Waals surface area contributed by atoms with Crippen molar-refractivity contribution in [2.45, 2.75) is 6.42 Å². The molecule has 0 aliphatic heterocycles. The molecule has 1 heterocycles. The van der Waals surface area contributed by atoms with Gasteiger partial charge in [-0.1, -0.05) is 6.08 Å². The summed E-state index contributed by atoms with van der Waals surface area (Å²) in [6, 6.07) is 0. The lowest BCUT2D eigenvalue weighted by molar-refractivity contribution is 1.07. The minimum absolute atomic E-state index is 0.492. The highest BCUT2D eigenvalue weighted by Crippen LogP contribution is 2.10. The van der Waals surface area contributed by atoms with E-state index in [4.69, 9.17) is 11.6 Å². The van der Waals surface area contributed by atoms with Crippen LogP contribution in [0.1, 0.15) is 5.82 Å². The Hall–Kier alpha value is -0.410. The molecule has 0 fully saturated rings. The summed E-state index contributed by atoms with van der Waals surface area (Å²) >= 11 is 6.71. The molecule has 1 aromatic rings. The van der Waals surface area contributed by atoms with Gasteiger partial charge in [0.05, 0.1) is 0 Å². The van der Waals surface area contributed by atoms with Crippen molar-refractivity contribution in [3.63, 3.8) is 0 Å². The van der Waals surface area contributed by atoms with Crippen molar-refractivity contribution in [3.05, 3.63) is 22.9 Å². The Labute approximate surface area is 62.4 Å². The zero-order valence-corrected chi connectivity index (χ0v) is 6.24. The van der Waals surface area contributed by atoms with Crippen LogP contribution in [0.4, 0.5) is 0 Å². The molecule has 0 radical (unpaired) electrons. The number of rotatable bonds is 2. The molecule has 0 bridgehead atoms. The smallest absolute Gasteiger partial charge is 0.203 e. The van der Waals surface area contributed by atoms with Gasteiger partial charge in [-0.15, -0.1) is 6.58 Å². The van der Waals surface area contributed by atoms with Crippen molar-refractivity contribution in [2.24, 2.45) is 0 Å². The SMILES string of the molecule is C=CCc1nsc(Cl)n1. The van der Waals surface area contributed by atoms with Crippen molar-refractivity contribution in [3.8, 4) is 0 Å². The molecule has 48 valence electrons. The zero-order valence-electron chi connectivity index (χ0n) is 4.67. The molecule has 9 heavy (non-hydrogen) atoms. The van der Waals surface area contributed by atoms with Gasteiger partial charge in [0.15, 0.2) is 0 Å². The fourth-order valence-corrected chi connectivity index (χ4v) is 1.09. The highest BCUT2D eigenvalue weighted by Gasteiger charge is 1.96. The number of hydrogen-bond acceptors (Lipinski definition) is 3. The number of hydrogen-bond donors (Lipinski definition) is 0.